The van der Waals surface area contributed by atoms with Gasteiger partial charge in [-0.25, -0.2) is 0 Å². The maximum atomic E-state index is 12.5. The van der Waals surface area contributed by atoms with Crippen LogP contribution in [0.3, 0.4) is 0 Å². The van der Waals surface area contributed by atoms with Crippen molar-refractivity contribution in [3.05, 3.63) is 29.3 Å². The van der Waals surface area contributed by atoms with Gasteiger partial charge >= 0.3 is 0 Å². The van der Waals surface area contributed by atoms with Gasteiger partial charge in [0.1, 0.15) is 0 Å². The van der Waals surface area contributed by atoms with Gasteiger partial charge in [0.2, 0.25) is 0 Å². The van der Waals surface area contributed by atoms with E-state index in [9.17, 15) is 4.79 Å². The molecule has 0 bridgehead atoms. The third-order valence-corrected chi connectivity index (χ3v) is 4.76. The molecule has 114 valence electrons. The lowest BCUT2D eigenvalue weighted by Gasteiger charge is -2.21. The Bertz CT molecular complexity index is 524. The van der Waals surface area contributed by atoms with Gasteiger partial charge in [0.05, 0.1) is 0 Å². The molecule has 0 radical (unpaired) electrons. The fourth-order valence-electron chi connectivity index (χ4n) is 3.10. The third-order valence-electron chi connectivity index (χ3n) is 4.76. The van der Waals surface area contributed by atoms with Crippen molar-refractivity contribution in [1.29, 1.82) is 0 Å². The van der Waals surface area contributed by atoms with Gasteiger partial charge in [0.25, 0.3) is 5.91 Å². The standard InChI is InChI=1S/C17H24N2O2/c1-21-11-9-17(7-8-17)12-19-16(20)14-4-2-6-15-13(14)5-3-10-18-15/h2,4,6,18H,3,5,7-12H2,1H3,(H,19,20). The van der Waals surface area contributed by atoms with Crippen molar-refractivity contribution in [3.63, 3.8) is 0 Å². The minimum absolute atomic E-state index is 0.0687. The van der Waals surface area contributed by atoms with Gasteiger partial charge in [-0.2, -0.15) is 0 Å². The number of carbonyl (C=O) groups is 1. The van der Waals surface area contributed by atoms with E-state index in [1.807, 2.05) is 12.1 Å². The van der Waals surface area contributed by atoms with E-state index < -0.39 is 0 Å². The SMILES string of the molecule is COCCC1(CNC(=O)c2cccc3c2CCCN3)CC1. The smallest absolute Gasteiger partial charge is 0.251 e. The van der Waals surface area contributed by atoms with Crippen molar-refractivity contribution in [3.8, 4) is 0 Å². The predicted octanol–water partition coefficient (Wildman–Crippen LogP) is 2.59. The first-order chi connectivity index (χ1) is 10.2. The molecule has 4 nitrogen and oxygen atoms in total. The molecule has 0 saturated heterocycles. The number of amides is 1. The first-order valence-corrected chi connectivity index (χ1v) is 7.87. The maximum absolute atomic E-state index is 12.5. The highest BCUT2D eigenvalue weighted by atomic mass is 16.5. The molecule has 0 spiro atoms. The Morgan fingerprint density at radius 3 is 3.05 bits per heavy atom. The van der Waals surface area contributed by atoms with Crippen molar-refractivity contribution in [2.45, 2.75) is 32.1 Å². The average Bonchev–Trinajstić information content (AvgIpc) is 3.30. The Balaban J connectivity index is 1.64. The number of carbonyl (C=O) groups excluding carboxylic acids is 1. The van der Waals surface area contributed by atoms with Crippen LogP contribution in [-0.2, 0) is 11.2 Å². The molecule has 21 heavy (non-hydrogen) atoms. The van der Waals surface area contributed by atoms with Crippen LogP contribution in [0.5, 0.6) is 0 Å². The van der Waals surface area contributed by atoms with Gasteiger partial charge < -0.3 is 15.4 Å². The molecular weight excluding hydrogens is 264 g/mol. The van der Waals surface area contributed by atoms with Crippen LogP contribution < -0.4 is 10.6 Å². The average molecular weight is 288 g/mol. The van der Waals surface area contributed by atoms with E-state index in [4.69, 9.17) is 4.74 Å². The summed E-state index contributed by atoms with van der Waals surface area (Å²) in [5.41, 5.74) is 3.42. The molecular formula is C17H24N2O2. The van der Waals surface area contributed by atoms with Crippen LogP contribution in [0.2, 0.25) is 0 Å². The second-order valence-corrected chi connectivity index (χ2v) is 6.29. The van der Waals surface area contributed by atoms with Crippen LogP contribution in [0.25, 0.3) is 0 Å². The number of benzene rings is 1. The molecule has 1 aliphatic carbocycles. The summed E-state index contributed by atoms with van der Waals surface area (Å²) in [7, 11) is 1.73. The second kappa shape index (κ2) is 6.06. The molecule has 3 rings (SSSR count). The van der Waals surface area contributed by atoms with Crippen molar-refractivity contribution in [1.82, 2.24) is 5.32 Å². The first-order valence-electron chi connectivity index (χ1n) is 7.87. The summed E-state index contributed by atoms with van der Waals surface area (Å²) in [4.78, 5) is 12.5. The molecule has 2 N–H and O–H groups in total. The van der Waals surface area contributed by atoms with E-state index in [0.29, 0.717) is 5.41 Å². The van der Waals surface area contributed by atoms with Gasteiger partial charge in [-0.1, -0.05) is 6.07 Å². The van der Waals surface area contributed by atoms with Crippen LogP contribution in [0.4, 0.5) is 5.69 Å². The zero-order chi connectivity index (χ0) is 14.7. The molecule has 4 heteroatoms. The molecule has 0 atom stereocenters. The highest BCUT2D eigenvalue weighted by Crippen LogP contribution is 2.48. The van der Waals surface area contributed by atoms with Gasteiger partial charge in [0.15, 0.2) is 0 Å². The molecule has 0 aromatic heterocycles. The molecule has 1 fully saturated rings. The summed E-state index contributed by atoms with van der Waals surface area (Å²) in [6.45, 7) is 2.55. The Hall–Kier alpha value is -1.55. The highest BCUT2D eigenvalue weighted by Gasteiger charge is 2.42. The molecule has 1 amide bonds. The molecule has 1 aromatic rings. The summed E-state index contributed by atoms with van der Waals surface area (Å²) in [6, 6.07) is 5.96. The molecule has 1 aromatic carbocycles. The largest absolute Gasteiger partial charge is 0.385 e. The number of nitrogens with one attached hydrogen (secondary N) is 2. The Kier molecular flexibility index (Phi) is 4.15. The number of methoxy groups -OCH3 is 1. The lowest BCUT2D eigenvalue weighted by molar-refractivity contribution is 0.0937. The topological polar surface area (TPSA) is 50.4 Å². The van der Waals surface area contributed by atoms with Gasteiger partial charge in [0, 0.05) is 38.1 Å². The van der Waals surface area contributed by atoms with Crippen molar-refractivity contribution in [2.75, 3.05) is 32.1 Å². The summed E-state index contributed by atoms with van der Waals surface area (Å²) >= 11 is 0. The van der Waals surface area contributed by atoms with E-state index in [2.05, 4.69) is 16.7 Å². The molecule has 1 saturated carbocycles. The van der Waals surface area contributed by atoms with E-state index in [1.165, 1.54) is 18.4 Å². The predicted molar refractivity (Wildman–Crippen MR) is 83.7 cm³/mol. The summed E-state index contributed by atoms with van der Waals surface area (Å²) in [6.07, 6.45) is 5.52. The highest BCUT2D eigenvalue weighted by molar-refractivity contribution is 5.97. The van der Waals surface area contributed by atoms with Crippen LogP contribution in [0.1, 0.15) is 41.6 Å². The van der Waals surface area contributed by atoms with Gasteiger partial charge in [-0.3, -0.25) is 4.79 Å². The molecule has 0 unspecified atom stereocenters. The number of hydrogen-bond acceptors (Lipinski definition) is 3. The van der Waals surface area contributed by atoms with Gasteiger partial charge in [-0.05, 0) is 55.2 Å². The molecule has 1 heterocycles. The molecule has 2 aliphatic rings. The van der Waals surface area contributed by atoms with E-state index in [1.54, 1.807) is 7.11 Å². The normalized spacial score (nSPS) is 18.5. The second-order valence-electron chi connectivity index (χ2n) is 6.29. The Morgan fingerprint density at radius 2 is 2.29 bits per heavy atom. The Labute approximate surface area is 126 Å². The minimum atomic E-state index is 0.0687. The monoisotopic (exact) mass is 288 g/mol. The van der Waals surface area contributed by atoms with Crippen molar-refractivity contribution in [2.24, 2.45) is 5.41 Å². The number of rotatable bonds is 6. The zero-order valence-electron chi connectivity index (χ0n) is 12.7. The summed E-state index contributed by atoms with van der Waals surface area (Å²) < 4.78 is 5.16. The van der Waals surface area contributed by atoms with Crippen LogP contribution in [0.15, 0.2) is 18.2 Å². The third kappa shape index (κ3) is 3.21. The number of ether oxygens (including phenoxy) is 1. The van der Waals surface area contributed by atoms with Crippen molar-refractivity contribution >= 4 is 11.6 Å². The lowest BCUT2D eigenvalue weighted by Crippen LogP contribution is -2.32. The number of fused-ring (bicyclic) bond motifs is 1. The van der Waals surface area contributed by atoms with Crippen LogP contribution in [-0.4, -0.2) is 32.7 Å². The van der Waals surface area contributed by atoms with Gasteiger partial charge in [-0.15, -0.1) is 0 Å². The fraction of sp³-hybridized carbons (Fsp3) is 0.588. The number of hydrogen-bond donors (Lipinski definition) is 2. The van der Waals surface area contributed by atoms with Crippen LogP contribution in [0, 0.1) is 5.41 Å². The summed E-state index contributed by atoms with van der Waals surface area (Å²) in [5.74, 6) is 0.0687. The fourth-order valence-corrected chi connectivity index (χ4v) is 3.10. The molecule has 1 aliphatic heterocycles. The van der Waals surface area contributed by atoms with E-state index in [0.717, 1.165) is 50.2 Å². The Morgan fingerprint density at radius 1 is 1.43 bits per heavy atom. The maximum Gasteiger partial charge on any atom is 0.251 e. The summed E-state index contributed by atoms with van der Waals surface area (Å²) in [5, 5.41) is 6.51. The number of anilines is 1. The van der Waals surface area contributed by atoms with Crippen molar-refractivity contribution < 1.29 is 9.53 Å². The van der Waals surface area contributed by atoms with E-state index in [-0.39, 0.29) is 5.91 Å². The quantitative estimate of drug-likeness (QED) is 0.846. The van der Waals surface area contributed by atoms with Crippen LogP contribution >= 0.6 is 0 Å². The first kappa shape index (κ1) is 14.4. The van der Waals surface area contributed by atoms with E-state index >= 15 is 0 Å². The minimum Gasteiger partial charge on any atom is -0.385 e. The lowest BCUT2D eigenvalue weighted by atomic mass is 9.96. The zero-order valence-corrected chi connectivity index (χ0v) is 12.7.